The van der Waals surface area contributed by atoms with Crippen LogP contribution < -0.4 is 4.74 Å². The van der Waals surface area contributed by atoms with Crippen LogP contribution in [0.2, 0.25) is 5.02 Å². The quantitative estimate of drug-likeness (QED) is 0.719. The van der Waals surface area contributed by atoms with Crippen molar-refractivity contribution in [1.82, 2.24) is 4.90 Å². The zero-order chi connectivity index (χ0) is 18.6. The highest BCUT2D eigenvalue weighted by molar-refractivity contribution is 7.90. The molecule has 1 saturated heterocycles. The maximum atomic E-state index is 11.5. The van der Waals surface area contributed by atoms with E-state index in [1.165, 1.54) is 11.8 Å². The van der Waals surface area contributed by atoms with Crippen LogP contribution in [0.15, 0.2) is 53.4 Å². The maximum absolute atomic E-state index is 11.5. The molecule has 1 fully saturated rings. The summed E-state index contributed by atoms with van der Waals surface area (Å²) < 4.78 is 28.8. The number of benzene rings is 2. The Kier molecular flexibility index (Phi) is 6.22. The van der Waals surface area contributed by atoms with Crippen molar-refractivity contribution in [2.24, 2.45) is 5.92 Å². The molecule has 0 radical (unpaired) electrons. The molecular weight excluding hydrogens is 370 g/mol. The van der Waals surface area contributed by atoms with Gasteiger partial charge in [0.15, 0.2) is 9.84 Å². The Morgan fingerprint density at radius 2 is 1.96 bits per heavy atom. The summed E-state index contributed by atoms with van der Waals surface area (Å²) in [6.07, 6.45) is 3.33. The van der Waals surface area contributed by atoms with Crippen LogP contribution in [0.25, 0.3) is 0 Å². The van der Waals surface area contributed by atoms with Gasteiger partial charge in [0, 0.05) is 30.3 Å². The van der Waals surface area contributed by atoms with E-state index in [1.54, 1.807) is 24.3 Å². The van der Waals surface area contributed by atoms with E-state index in [0.29, 0.717) is 17.4 Å². The minimum Gasteiger partial charge on any atom is -0.493 e. The lowest BCUT2D eigenvalue weighted by molar-refractivity contribution is 0.241. The van der Waals surface area contributed by atoms with E-state index in [4.69, 9.17) is 16.3 Å². The molecule has 140 valence electrons. The van der Waals surface area contributed by atoms with Gasteiger partial charge < -0.3 is 9.64 Å². The first-order valence-corrected chi connectivity index (χ1v) is 11.1. The van der Waals surface area contributed by atoms with Crippen molar-refractivity contribution in [2.75, 3.05) is 32.5 Å². The Morgan fingerprint density at radius 3 is 2.65 bits per heavy atom. The molecule has 3 rings (SSSR count). The average Bonchev–Trinajstić information content (AvgIpc) is 3.06. The molecule has 0 saturated carbocycles. The third-order valence-corrected chi connectivity index (χ3v) is 6.08. The van der Waals surface area contributed by atoms with E-state index < -0.39 is 9.84 Å². The van der Waals surface area contributed by atoms with Gasteiger partial charge >= 0.3 is 0 Å². The van der Waals surface area contributed by atoms with E-state index in [0.717, 1.165) is 43.2 Å². The van der Waals surface area contributed by atoms with Gasteiger partial charge in [-0.15, -0.1) is 0 Å². The largest absolute Gasteiger partial charge is 0.493 e. The number of rotatable bonds is 7. The summed E-state index contributed by atoms with van der Waals surface area (Å²) in [5, 5.41) is 0.789. The molecule has 0 aliphatic carbocycles. The number of hydrogen-bond donors (Lipinski definition) is 0. The summed E-state index contributed by atoms with van der Waals surface area (Å²) in [6, 6.07) is 14.7. The van der Waals surface area contributed by atoms with E-state index in [9.17, 15) is 8.42 Å². The molecular formula is C20H24ClNO3S. The lowest BCUT2D eigenvalue weighted by Gasteiger charge is -2.16. The standard InChI is InChI=1S/C20H24ClNO3S/c1-26(23,24)20-7-5-19(6-8-20)25-15-17-10-12-22(14-17)11-9-16-3-2-4-18(21)13-16/h2-8,13,17H,9-12,14-15H2,1H3/t17-/m0/s1. The highest BCUT2D eigenvalue weighted by Gasteiger charge is 2.22. The van der Waals surface area contributed by atoms with Gasteiger partial charge in [0.1, 0.15) is 5.75 Å². The van der Waals surface area contributed by atoms with Crippen molar-refractivity contribution in [3.8, 4) is 5.75 Å². The van der Waals surface area contributed by atoms with E-state index >= 15 is 0 Å². The second-order valence-electron chi connectivity index (χ2n) is 6.89. The van der Waals surface area contributed by atoms with Crippen molar-refractivity contribution >= 4 is 21.4 Å². The molecule has 26 heavy (non-hydrogen) atoms. The number of halogens is 1. The molecule has 4 nitrogen and oxygen atoms in total. The van der Waals surface area contributed by atoms with Gasteiger partial charge in [0.25, 0.3) is 0 Å². The van der Waals surface area contributed by atoms with Gasteiger partial charge in [-0.1, -0.05) is 23.7 Å². The predicted molar refractivity (Wildman–Crippen MR) is 105 cm³/mol. The molecule has 2 aromatic carbocycles. The smallest absolute Gasteiger partial charge is 0.175 e. The highest BCUT2D eigenvalue weighted by Crippen LogP contribution is 2.21. The summed E-state index contributed by atoms with van der Waals surface area (Å²) in [6.45, 7) is 3.80. The van der Waals surface area contributed by atoms with Crippen LogP contribution >= 0.6 is 11.6 Å². The van der Waals surface area contributed by atoms with E-state index in [2.05, 4.69) is 11.0 Å². The van der Waals surface area contributed by atoms with E-state index in [1.807, 2.05) is 18.2 Å². The maximum Gasteiger partial charge on any atom is 0.175 e. The summed E-state index contributed by atoms with van der Waals surface area (Å²) in [4.78, 5) is 2.78. The molecule has 1 atom stereocenters. The summed E-state index contributed by atoms with van der Waals surface area (Å²) in [5.41, 5.74) is 1.27. The fourth-order valence-corrected chi connectivity index (χ4v) is 4.07. The number of ether oxygens (including phenoxy) is 1. The lowest BCUT2D eigenvalue weighted by Crippen LogP contribution is -2.24. The molecule has 0 spiro atoms. The number of hydrogen-bond acceptors (Lipinski definition) is 4. The minimum atomic E-state index is -3.16. The first-order valence-electron chi connectivity index (χ1n) is 8.80. The zero-order valence-electron chi connectivity index (χ0n) is 14.9. The van der Waals surface area contributed by atoms with Gasteiger partial charge in [-0.2, -0.15) is 0 Å². The van der Waals surface area contributed by atoms with Gasteiger partial charge in [0.2, 0.25) is 0 Å². The van der Waals surface area contributed by atoms with Crippen molar-refractivity contribution in [3.05, 3.63) is 59.1 Å². The third-order valence-electron chi connectivity index (χ3n) is 4.71. The number of nitrogens with zero attached hydrogens (tertiary/aromatic N) is 1. The first kappa shape index (κ1) is 19.2. The molecule has 0 aromatic heterocycles. The summed E-state index contributed by atoms with van der Waals surface area (Å²) >= 11 is 6.03. The molecule has 2 aromatic rings. The van der Waals surface area contributed by atoms with Gasteiger partial charge in [-0.05, 0) is 61.3 Å². The Bertz CT molecular complexity index is 836. The van der Waals surface area contributed by atoms with Gasteiger partial charge in [-0.25, -0.2) is 8.42 Å². The number of likely N-dealkylation sites (tertiary alicyclic amines) is 1. The second kappa shape index (κ2) is 8.42. The topological polar surface area (TPSA) is 46.6 Å². The Labute approximate surface area is 160 Å². The highest BCUT2D eigenvalue weighted by atomic mass is 35.5. The molecule has 0 amide bonds. The average molecular weight is 394 g/mol. The fraction of sp³-hybridized carbons (Fsp3) is 0.400. The van der Waals surface area contributed by atoms with E-state index in [-0.39, 0.29) is 0 Å². The Hall–Kier alpha value is -1.56. The summed E-state index contributed by atoms with van der Waals surface area (Å²) in [7, 11) is -3.16. The SMILES string of the molecule is CS(=O)(=O)c1ccc(OC[C@H]2CCN(CCc3cccc(Cl)c3)C2)cc1. The van der Waals surface area contributed by atoms with Crippen molar-refractivity contribution in [2.45, 2.75) is 17.7 Å². The second-order valence-corrected chi connectivity index (χ2v) is 9.34. The Morgan fingerprint density at radius 1 is 1.19 bits per heavy atom. The van der Waals surface area contributed by atoms with Crippen molar-refractivity contribution in [3.63, 3.8) is 0 Å². The lowest BCUT2D eigenvalue weighted by atomic mass is 10.1. The number of sulfone groups is 1. The van der Waals surface area contributed by atoms with Crippen LogP contribution in [-0.2, 0) is 16.3 Å². The van der Waals surface area contributed by atoms with Gasteiger partial charge in [0.05, 0.1) is 11.5 Å². The van der Waals surface area contributed by atoms with Crippen LogP contribution in [0, 0.1) is 5.92 Å². The van der Waals surface area contributed by atoms with Crippen LogP contribution in [0.5, 0.6) is 5.75 Å². The molecule has 1 aliphatic rings. The minimum absolute atomic E-state index is 0.318. The summed E-state index contributed by atoms with van der Waals surface area (Å²) in [5.74, 6) is 1.22. The molecule has 1 aliphatic heterocycles. The fourth-order valence-electron chi connectivity index (χ4n) is 3.23. The Balaban J connectivity index is 1.43. The third kappa shape index (κ3) is 5.47. The zero-order valence-corrected chi connectivity index (χ0v) is 16.5. The normalized spacial score (nSPS) is 18.2. The van der Waals surface area contributed by atoms with Crippen molar-refractivity contribution in [1.29, 1.82) is 0 Å². The monoisotopic (exact) mass is 393 g/mol. The van der Waals surface area contributed by atoms with Crippen LogP contribution in [0.1, 0.15) is 12.0 Å². The molecule has 6 heteroatoms. The van der Waals surface area contributed by atoms with Crippen molar-refractivity contribution < 1.29 is 13.2 Å². The molecule has 0 unspecified atom stereocenters. The first-order chi connectivity index (χ1) is 12.4. The van der Waals surface area contributed by atoms with Crippen LogP contribution in [0.3, 0.4) is 0 Å². The molecule has 0 N–H and O–H groups in total. The molecule has 1 heterocycles. The van der Waals surface area contributed by atoms with Crippen LogP contribution in [-0.4, -0.2) is 45.8 Å². The molecule has 0 bridgehead atoms. The van der Waals surface area contributed by atoms with Crippen LogP contribution in [0.4, 0.5) is 0 Å². The predicted octanol–water partition coefficient (Wildman–Crippen LogP) is 3.69. The van der Waals surface area contributed by atoms with Gasteiger partial charge in [-0.3, -0.25) is 0 Å².